The van der Waals surface area contributed by atoms with E-state index in [0.717, 1.165) is 5.56 Å². The van der Waals surface area contributed by atoms with E-state index in [4.69, 9.17) is 22.6 Å². The lowest BCUT2D eigenvalue weighted by Crippen LogP contribution is -1.94. The van der Waals surface area contributed by atoms with Gasteiger partial charge in [0.05, 0.1) is 22.0 Å². The van der Waals surface area contributed by atoms with Gasteiger partial charge in [-0.05, 0) is 40.2 Å². The Kier molecular flexibility index (Phi) is 3.32. The fourth-order valence-corrected chi connectivity index (χ4v) is 2.14. The molecule has 0 atom stereocenters. The number of rotatable bonds is 1. The number of anilines is 1. The molecule has 1 aromatic carbocycles. The number of hydrogen-bond donors (Lipinski definition) is 1. The number of benzene rings is 1. The van der Waals surface area contributed by atoms with Crippen molar-refractivity contribution in [2.45, 2.75) is 0 Å². The van der Waals surface area contributed by atoms with Gasteiger partial charge in [-0.1, -0.05) is 11.6 Å². The van der Waals surface area contributed by atoms with Crippen molar-refractivity contribution in [2.75, 3.05) is 5.73 Å². The minimum Gasteiger partial charge on any atom is -0.397 e. The second-order valence-corrected chi connectivity index (χ2v) is 4.63. The smallest absolute Gasteiger partial charge is 0.101 e. The molecule has 1 heterocycles. The maximum Gasteiger partial charge on any atom is 0.101 e. The van der Waals surface area contributed by atoms with E-state index in [2.05, 4.69) is 20.9 Å². The lowest BCUT2D eigenvalue weighted by molar-refractivity contribution is 1.32. The van der Waals surface area contributed by atoms with Crippen molar-refractivity contribution in [2.24, 2.45) is 0 Å². The van der Waals surface area contributed by atoms with Crippen LogP contribution in [-0.2, 0) is 0 Å². The van der Waals surface area contributed by atoms with Crippen molar-refractivity contribution in [3.05, 3.63) is 45.5 Å². The minimum atomic E-state index is 0.399. The van der Waals surface area contributed by atoms with Crippen molar-refractivity contribution in [3.8, 4) is 17.3 Å². The van der Waals surface area contributed by atoms with Gasteiger partial charge in [-0.25, -0.2) is 0 Å². The van der Waals surface area contributed by atoms with E-state index in [0.29, 0.717) is 26.4 Å². The number of halogens is 2. The van der Waals surface area contributed by atoms with Crippen LogP contribution in [0.2, 0.25) is 5.02 Å². The molecule has 0 radical (unpaired) electrons. The van der Waals surface area contributed by atoms with Gasteiger partial charge in [0.2, 0.25) is 0 Å². The highest BCUT2D eigenvalue weighted by molar-refractivity contribution is 9.10. The molecular formula is C12H7BrClN3. The van der Waals surface area contributed by atoms with E-state index in [1.54, 1.807) is 30.5 Å². The topological polar surface area (TPSA) is 62.7 Å². The van der Waals surface area contributed by atoms with Crippen LogP contribution < -0.4 is 5.73 Å². The highest BCUT2D eigenvalue weighted by Crippen LogP contribution is 2.32. The van der Waals surface area contributed by atoms with E-state index in [1.165, 1.54) is 0 Å². The first kappa shape index (κ1) is 11.9. The number of nitriles is 1. The first-order chi connectivity index (χ1) is 8.13. The van der Waals surface area contributed by atoms with Gasteiger partial charge in [-0.2, -0.15) is 5.26 Å². The number of nitrogen functional groups attached to an aromatic ring is 1. The molecule has 0 saturated carbocycles. The number of hydrogen-bond acceptors (Lipinski definition) is 3. The van der Waals surface area contributed by atoms with Gasteiger partial charge in [0.15, 0.2) is 0 Å². The molecule has 0 aliphatic carbocycles. The van der Waals surface area contributed by atoms with Crippen LogP contribution in [0.1, 0.15) is 5.56 Å². The Balaban J connectivity index is 2.67. The summed E-state index contributed by atoms with van der Waals surface area (Å²) in [4.78, 5) is 4.19. The van der Waals surface area contributed by atoms with Gasteiger partial charge in [0.1, 0.15) is 6.07 Å². The third-order valence-corrected chi connectivity index (χ3v) is 3.24. The Morgan fingerprint density at radius 1 is 1.41 bits per heavy atom. The third kappa shape index (κ3) is 2.26. The number of aromatic nitrogens is 1. The summed E-state index contributed by atoms with van der Waals surface area (Å²) in [5.74, 6) is 0. The van der Waals surface area contributed by atoms with Crippen LogP contribution in [0, 0.1) is 11.3 Å². The van der Waals surface area contributed by atoms with Gasteiger partial charge >= 0.3 is 0 Å². The second kappa shape index (κ2) is 4.74. The molecular weight excluding hydrogens is 302 g/mol. The molecule has 5 heteroatoms. The largest absolute Gasteiger partial charge is 0.397 e. The van der Waals surface area contributed by atoms with Gasteiger partial charge < -0.3 is 5.73 Å². The predicted octanol–water partition coefficient (Wildman–Crippen LogP) is 3.62. The molecule has 0 aliphatic rings. The van der Waals surface area contributed by atoms with Crippen molar-refractivity contribution in [3.63, 3.8) is 0 Å². The van der Waals surface area contributed by atoms with Crippen molar-refractivity contribution < 1.29 is 0 Å². The van der Waals surface area contributed by atoms with Crippen LogP contribution in [-0.4, -0.2) is 4.98 Å². The quantitative estimate of drug-likeness (QED) is 0.818. The second-order valence-electron chi connectivity index (χ2n) is 3.36. The average Bonchev–Trinajstić information content (AvgIpc) is 2.33. The highest BCUT2D eigenvalue weighted by Gasteiger charge is 2.10. The van der Waals surface area contributed by atoms with Crippen LogP contribution in [0.3, 0.4) is 0 Å². The predicted molar refractivity (Wildman–Crippen MR) is 71.5 cm³/mol. The summed E-state index contributed by atoms with van der Waals surface area (Å²) in [5.41, 5.74) is 7.96. The van der Waals surface area contributed by atoms with E-state index < -0.39 is 0 Å². The summed E-state index contributed by atoms with van der Waals surface area (Å²) in [6.07, 6.45) is 1.65. The molecule has 1 aromatic heterocycles. The van der Waals surface area contributed by atoms with Gasteiger partial charge in [0.25, 0.3) is 0 Å². The molecule has 2 N–H and O–H groups in total. The monoisotopic (exact) mass is 307 g/mol. The summed E-state index contributed by atoms with van der Waals surface area (Å²) >= 11 is 9.37. The van der Waals surface area contributed by atoms with E-state index in [1.807, 2.05) is 6.07 Å². The van der Waals surface area contributed by atoms with Crippen LogP contribution in [0.5, 0.6) is 0 Å². The van der Waals surface area contributed by atoms with Gasteiger partial charge in [-0.3, -0.25) is 4.98 Å². The zero-order valence-electron chi connectivity index (χ0n) is 8.61. The standard InChI is InChI=1S/C12H7BrClN3/c13-9-5-7(4-8(6-15)11(9)16)12-10(14)2-1-3-17-12/h1-5H,16H2. The lowest BCUT2D eigenvalue weighted by atomic mass is 10.1. The van der Waals surface area contributed by atoms with E-state index in [9.17, 15) is 0 Å². The van der Waals surface area contributed by atoms with Gasteiger partial charge in [0, 0.05) is 16.2 Å². The molecule has 0 unspecified atom stereocenters. The molecule has 3 nitrogen and oxygen atoms in total. The number of pyridine rings is 1. The third-order valence-electron chi connectivity index (χ3n) is 2.28. The molecule has 0 aliphatic heterocycles. The molecule has 0 saturated heterocycles. The molecule has 17 heavy (non-hydrogen) atoms. The van der Waals surface area contributed by atoms with Crippen molar-refractivity contribution in [1.29, 1.82) is 5.26 Å². The van der Waals surface area contributed by atoms with E-state index in [-0.39, 0.29) is 0 Å². The number of nitrogens with two attached hydrogens (primary N) is 1. The number of nitrogens with zero attached hydrogens (tertiary/aromatic N) is 2. The zero-order valence-corrected chi connectivity index (χ0v) is 11.0. The molecule has 0 amide bonds. The fourth-order valence-electron chi connectivity index (χ4n) is 1.45. The van der Waals surface area contributed by atoms with Crippen molar-refractivity contribution >= 4 is 33.2 Å². The van der Waals surface area contributed by atoms with E-state index >= 15 is 0 Å². The molecule has 2 rings (SSSR count). The molecule has 0 fully saturated rings. The summed E-state index contributed by atoms with van der Waals surface area (Å²) in [6, 6.07) is 9.01. The average molecular weight is 309 g/mol. The fraction of sp³-hybridized carbons (Fsp3) is 0. The summed E-state index contributed by atoms with van der Waals surface area (Å²) in [6.45, 7) is 0. The Morgan fingerprint density at radius 3 is 2.82 bits per heavy atom. The van der Waals surface area contributed by atoms with Crippen molar-refractivity contribution in [1.82, 2.24) is 4.98 Å². The van der Waals surface area contributed by atoms with Gasteiger partial charge in [-0.15, -0.1) is 0 Å². The minimum absolute atomic E-state index is 0.399. The van der Waals surface area contributed by atoms with Crippen LogP contribution >= 0.6 is 27.5 Å². The first-order valence-electron chi connectivity index (χ1n) is 4.73. The molecule has 2 aromatic rings. The summed E-state index contributed by atoms with van der Waals surface area (Å²) in [5, 5.41) is 9.51. The normalized spacial score (nSPS) is 9.94. The summed E-state index contributed by atoms with van der Waals surface area (Å²) < 4.78 is 0.660. The maximum atomic E-state index is 8.98. The zero-order chi connectivity index (χ0) is 12.4. The Bertz CT molecular complexity index is 620. The van der Waals surface area contributed by atoms with Crippen LogP contribution in [0.15, 0.2) is 34.9 Å². The maximum absolute atomic E-state index is 8.98. The molecule has 84 valence electrons. The van der Waals surface area contributed by atoms with Crippen LogP contribution in [0.25, 0.3) is 11.3 Å². The Hall–Kier alpha value is -1.57. The summed E-state index contributed by atoms with van der Waals surface area (Å²) in [7, 11) is 0. The Morgan fingerprint density at radius 2 is 2.18 bits per heavy atom. The lowest BCUT2D eigenvalue weighted by Gasteiger charge is -2.07. The molecule has 0 bridgehead atoms. The SMILES string of the molecule is N#Cc1cc(-c2ncccc2Cl)cc(Br)c1N. The highest BCUT2D eigenvalue weighted by atomic mass is 79.9. The van der Waals surface area contributed by atoms with Crippen LogP contribution in [0.4, 0.5) is 5.69 Å². The Labute approximate surface area is 112 Å². The molecule has 0 spiro atoms. The first-order valence-corrected chi connectivity index (χ1v) is 5.90.